The minimum absolute atomic E-state index is 0.126. The highest BCUT2D eigenvalue weighted by Gasteiger charge is 2.20. The smallest absolute Gasteiger partial charge is 0.271 e. The molecule has 0 radical (unpaired) electrons. The van der Waals surface area contributed by atoms with Crippen molar-refractivity contribution in [2.75, 3.05) is 5.43 Å². The zero-order chi connectivity index (χ0) is 18.4. The number of nitro benzene ring substituents is 2. The Morgan fingerprint density at radius 1 is 1.24 bits per heavy atom. The molecule has 0 heterocycles. The molecule has 0 saturated carbocycles. The van der Waals surface area contributed by atoms with Gasteiger partial charge in [-0.1, -0.05) is 17.7 Å². The van der Waals surface area contributed by atoms with Gasteiger partial charge in [0.25, 0.3) is 5.69 Å². The normalized spacial score (nSPS) is 17.0. The molecule has 1 aliphatic carbocycles. The zero-order valence-corrected chi connectivity index (χ0v) is 14.1. The highest BCUT2D eigenvalue weighted by molar-refractivity contribution is 5.98. The Morgan fingerprint density at radius 3 is 2.56 bits per heavy atom. The zero-order valence-electron chi connectivity index (χ0n) is 14.1. The molecular weight excluding hydrogens is 324 g/mol. The van der Waals surface area contributed by atoms with E-state index < -0.39 is 9.85 Å². The van der Waals surface area contributed by atoms with E-state index in [0.29, 0.717) is 0 Å². The van der Waals surface area contributed by atoms with Gasteiger partial charge in [0.05, 0.1) is 21.6 Å². The molecule has 0 saturated heterocycles. The fourth-order valence-corrected chi connectivity index (χ4v) is 2.60. The summed E-state index contributed by atoms with van der Waals surface area (Å²) in [6, 6.07) is 3.46. The van der Waals surface area contributed by atoms with Gasteiger partial charge < -0.3 is 0 Å². The molecular formula is C17H20N4O4. The van der Waals surface area contributed by atoms with Crippen LogP contribution >= 0.6 is 0 Å². The molecule has 1 atom stereocenters. The third-order valence-electron chi connectivity index (χ3n) is 3.82. The lowest BCUT2D eigenvalue weighted by Crippen LogP contribution is -2.16. The summed E-state index contributed by atoms with van der Waals surface area (Å²) in [7, 11) is 0. The van der Waals surface area contributed by atoms with Gasteiger partial charge in [0, 0.05) is 12.0 Å². The summed E-state index contributed by atoms with van der Waals surface area (Å²) in [5, 5.41) is 26.4. The second-order valence-corrected chi connectivity index (χ2v) is 6.07. The average Bonchev–Trinajstić information content (AvgIpc) is 2.58. The fourth-order valence-electron chi connectivity index (χ4n) is 2.60. The molecule has 2 rings (SSSR count). The minimum Gasteiger partial charge on any atom is -0.271 e. The van der Waals surface area contributed by atoms with Gasteiger partial charge in [0.2, 0.25) is 0 Å². The van der Waals surface area contributed by atoms with Crippen molar-refractivity contribution >= 4 is 22.8 Å². The lowest BCUT2D eigenvalue weighted by molar-refractivity contribution is -0.393. The van der Waals surface area contributed by atoms with E-state index in [9.17, 15) is 20.2 Å². The molecule has 132 valence electrons. The molecule has 0 amide bonds. The molecule has 0 fully saturated rings. The van der Waals surface area contributed by atoms with E-state index in [1.807, 2.05) is 19.9 Å². The van der Waals surface area contributed by atoms with Crippen LogP contribution in [0.15, 0.2) is 47.1 Å². The number of nitrogens with zero attached hydrogens (tertiary/aromatic N) is 3. The highest BCUT2D eigenvalue weighted by Crippen LogP contribution is 2.29. The van der Waals surface area contributed by atoms with Gasteiger partial charge in [-0.15, -0.1) is 0 Å². The maximum absolute atomic E-state index is 11.2. The quantitative estimate of drug-likeness (QED) is 0.351. The van der Waals surface area contributed by atoms with Gasteiger partial charge in [0.15, 0.2) is 0 Å². The van der Waals surface area contributed by atoms with Crippen LogP contribution in [0.2, 0.25) is 0 Å². The lowest BCUT2D eigenvalue weighted by Gasteiger charge is -2.18. The third kappa shape index (κ3) is 4.97. The van der Waals surface area contributed by atoms with Crippen LogP contribution < -0.4 is 5.43 Å². The highest BCUT2D eigenvalue weighted by atomic mass is 16.6. The maximum atomic E-state index is 11.2. The monoisotopic (exact) mass is 344 g/mol. The van der Waals surface area contributed by atoms with Gasteiger partial charge in [-0.05, 0) is 45.3 Å². The van der Waals surface area contributed by atoms with E-state index in [2.05, 4.69) is 22.7 Å². The number of hydrazone groups is 1. The van der Waals surface area contributed by atoms with Crippen LogP contribution in [0.3, 0.4) is 0 Å². The van der Waals surface area contributed by atoms with Gasteiger partial charge in [-0.3, -0.25) is 25.7 Å². The van der Waals surface area contributed by atoms with Crippen molar-refractivity contribution in [1.29, 1.82) is 0 Å². The summed E-state index contributed by atoms with van der Waals surface area (Å²) in [6.07, 6.45) is 8.99. The standard InChI is InChI=1S/C17H20N4O4/c1-12(2)10-16(13-6-4-3-5-7-13)19-18-15-9-8-14(20(22)23)11-17(15)21(24)25/h3-4,8-11,13,18H,5-7H2,1-2H3/b19-16+. The number of nitro groups is 2. The van der Waals surface area contributed by atoms with Gasteiger partial charge in [-0.25, -0.2) is 0 Å². The Balaban J connectivity index is 2.33. The second kappa shape index (κ2) is 8.18. The van der Waals surface area contributed by atoms with E-state index in [1.54, 1.807) is 0 Å². The third-order valence-corrected chi connectivity index (χ3v) is 3.82. The van der Waals surface area contributed by atoms with Crippen LogP contribution in [0.25, 0.3) is 0 Å². The minimum atomic E-state index is -0.664. The molecule has 8 nitrogen and oxygen atoms in total. The van der Waals surface area contributed by atoms with E-state index in [1.165, 1.54) is 12.1 Å². The van der Waals surface area contributed by atoms with Crippen LogP contribution in [-0.2, 0) is 0 Å². The second-order valence-electron chi connectivity index (χ2n) is 6.07. The van der Waals surface area contributed by atoms with Crippen molar-refractivity contribution in [2.24, 2.45) is 11.0 Å². The van der Waals surface area contributed by atoms with Crippen molar-refractivity contribution in [1.82, 2.24) is 0 Å². The first-order valence-corrected chi connectivity index (χ1v) is 7.95. The summed E-state index contributed by atoms with van der Waals surface area (Å²) < 4.78 is 0. The molecule has 0 spiro atoms. The molecule has 1 unspecified atom stereocenters. The summed E-state index contributed by atoms with van der Waals surface area (Å²) in [5.74, 6) is 0.240. The first kappa shape index (κ1) is 18.3. The molecule has 0 aromatic heterocycles. The van der Waals surface area contributed by atoms with Gasteiger partial charge >= 0.3 is 5.69 Å². The first-order valence-electron chi connectivity index (χ1n) is 7.95. The van der Waals surface area contributed by atoms with Crippen LogP contribution in [-0.4, -0.2) is 15.6 Å². The van der Waals surface area contributed by atoms with E-state index in [-0.39, 0.29) is 23.0 Å². The molecule has 1 aromatic rings. The number of non-ortho nitro benzene ring substituents is 1. The van der Waals surface area contributed by atoms with Crippen LogP contribution in [0.4, 0.5) is 17.1 Å². The predicted molar refractivity (Wildman–Crippen MR) is 96.7 cm³/mol. The molecule has 25 heavy (non-hydrogen) atoms. The van der Waals surface area contributed by atoms with E-state index in [4.69, 9.17) is 0 Å². The SMILES string of the molecule is CC(C)=C/C(=N\Nc1ccc([N+](=O)[O-])cc1[N+](=O)[O-])C1CC=CCC1. The molecule has 0 bridgehead atoms. The number of hydrogen-bond donors (Lipinski definition) is 1. The number of rotatable bonds is 6. The Morgan fingerprint density at radius 2 is 2.00 bits per heavy atom. The van der Waals surface area contributed by atoms with Crippen LogP contribution in [0, 0.1) is 26.1 Å². The predicted octanol–water partition coefficient (Wildman–Crippen LogP) is 4.59. The van der Waals surface area contributed by atoms with Crippen molar-refractivity contribution in [3.63, 3.8) is 0 Å². The molecule has 1 aromatic carbocycles. The van der Waals surface area contributed by atoms with Crippen LogP contribution in [0.5, 0.6) is 0 Å². The van der Waals surface area contributed by atoms with Crippen molar-refractivity contribution < 1.29 is 9.85 Å². The summed E-state index contributed by atoms with van der Waals surface area (Å²) in [5.41, 5.74) is 4.03. The van der Waals surface area contributed by atoms with E-state index in [0.717, 1.165) is 36.6 Å². The topological polar surface area (TPSA) is 111 Å². The van der Waals surface area contributed by atoms with Crippen molar-refractivity contribution in [3.05, 3.63) is 62.2 Å². The summed E-state index contributed by atoms with van der Waals surface area (Å²) >= 11 is 0. The average molecular weight is 344 g/mol. The molecule has 1 N–H and O–H groups in total. The van der Waals surface area contributed by atoms with Crippen molar-refractivity contribution in [2.45, 2.75) is 33.1 Å². The first-order chi connectivity index (χ1) is 11.9. The number of allylic oxidation sites excluding steroid dienone is 4. The summed E-state index contributed by atoms with van der Waals surface area (Å²) in [6.45, 7) is 3.92. The van der Waals surface area contributed by atoms with Crippen molar-refractivity contribution in [3.8, 4) is 0 Å². The van der Waals surface area contributed by atoms with Gasteiger partial charge in [-0.2, -0.15) is 5.10 Å². The molecule has 1 aliphatic rings. The van der Waals surface area contributed by atoms with Crippen LogP contribution in [0.1, 0.15) is 33.1 Å². The Kier molecular flexibility index (Phi) is 5.99. The Bertz CT molecular complexity index is 764. The summed E-state index contributed by atoms with van der Waals surface area (Å²) in [4.78, 5) is 20.7. The fraction of sp³-hybridized carbons (Fsp3) is 0.353. The number of anilines is 1. The molecule has 8 heteroatoms. The largest absolute Gasteiger partial charge is 0.301 e. The number of hydrogen-bond acceptors (Lipinski definition) is 6. The van der Waals surface area contributed by atoms with E-state index >= 15 is 0 Å². The Labute approximate surface area is 145 Å². The lowest BCUT2D eigenvalue weighted by atomic mass is 9.89. The maximum Gasteiger partial charge on any atom is 0.301 e. The van der Waals surface area contributed by atoms with Gasteiger partial charge in [0.1, 0.15) is 5.69 Å². The number of benzene rings is 1. The molecule has 0 aliphatic heterocycles. The Hall–Kier alpha value is -3.03. The number of nitrogens with one attached hydrogen (secondary N) is 1.